The summed E-state index contributed by atoms with van der Waals surface area (Å²) in [6.45, 7) is 5.41. The van der Waals surface area contributed by atoms with E-state index >= 15 is 0 Å². The van der Waals surface area contributed by atoms with E-state index < -0.39 is 17.7 Å². The second-order valence-corrected chi connectivity index (χ2v) is 9.46. The summed E-state index contributed by atoms with van der Waals surface area (Å²) in [5.74, 6) is -1.35. The molecule has 2 atom stereocenters. The van der Waals surface area contributed by atoms with Gasteiger partial charge in [-0.1, -0.05) is 15.9 Å². The second kappa shape index (κ2) is 7.46. The summed E-state index contributed by atoms with van der Waals surface area (Å²) < 4.78 is 52.0. The predicted molar refractivity (Wildman–Crippen MR) is 102 cm³/mol. The van der Waals surface area contributed by atoms with Crippen molar-refractivity contribution in [1.82, 2.24) is 4.90 Å². The van der Waals surface area contributed by atoms with E-state index in [-0.39, 0.29) is 16.1 Å². The van der Waals surface area contributed by atoms with Gasteiger partial charge in [-0.05, 0) is 38.0 Å². The van der Waals surface area contributed by atoms with Gasteiger partial charge in [0.05, 0.1) is 16.9 Å². The van der Waals surface area contributed by atoms with E-state index in [4.69, 9.17) is 0 Å². The standard InChI is InChI=1S/C18H21BrF4N2OS/c1-11-7-12(20)13(8-14(11)27-10-18(21,22)23)24-3-5-25(6-4-24)16(26)17(2)9-15(17)19/h7-8,15H,3-6,9-10H2,1-2H3. The molecule has 0 aromatic heterocycles. The highest BCUT2D eigenvalue weighted by Crippen LogP contribution is 2.52. The SMILES string of the molecule is Cc1cc(F)c(N2CCN(C(=O)C3(C)CC3Br)CC2)cc1SCC(F)(F)F. The Hall–Kier alpha value is -0.960. The molecule has 1 aromatic carbocycles. The van der Waals surface area contributed by atoms with Crippen molar-refractivity contribution in [1.29, 1.82) is 0 Å². The largest absolute Gasteiger partial charge is 0.398 e. The third-order valence-electron chi connectivity index (χ3n) is 5.17. The minimum atomic E-state index is -4.27. The van der Waals surface area contributed by atoms with Crippen molar-refractivity contribution >= 4 is 39.3 Å². The van der Waals surface area contributed by atoms with Gasteiger partial charge in [0.25, 0.3) is 0 Å². The predicted octanol–water partition coefficient (Wildman–Crippen LogP) is 4.61. The molecule has 9 heteroatoms. The number of anilines is 1. The molecule has 2 fully saturated rings. The Labute approximate surface area is 168 Å². The summed E-state index contributed by atoms with van der Waals surface area (Å²) in [6.07, 6.45) is -3.46. The van der Waals surface area contributed by atoms with Crippen LogP contribution in [0, 0.1) is 18.2 Å². The third kappa shape index (κ3) is 4.55. The van der Waals surface area contributed by atoms with Gasteiger partial charge in [0.2, 0.25) is 5.91 Å². The Morgan fingerprint density at radius 2 is 1.89 bits per heavy atom. The summed E-state index contributed by atoms with van der Waals surface area (Å²) in [6, 6.07) is 2.78. The van der Waals surface area contributed by atoms with E-state index in [1.165, 1.54) is 12.1 Å². The molecule has 0 bridgehead atoms. The quantitative estimate of drug-likeness (QED) is 0.366. The molecule has 3 rings (SSSR count). The van der Waals surface area contributed by atoms with Gasteiger partial charge < -0.3 is 9.80 Å². The molecule has 1 amide bonds. The van der Waals surface area contributed by atoms with Crippen LogP contribution >= 0.6 is 27.7 Å². The van der Waals surface area contributed by atoms with Gasteiger partial charge in [-0.2, -0.15) is 13.2 Å². The zero-order valence-electron chi connectivity index (χ0n) is 15.1. The first-order valence-electron chi connectivity index (χ1n) is 8.69. The fourth-order valence-electron chi connectivity index (χ4n) is 3.25. The summed E-state index contributed by atoms with van der Waals surface area (Å²) in [4.78, 5) is 16.8. The number of rotatable bonds is 4. The molecule has 1 saturated carbocycles. The van der Waals surface area contributed by atoms with Crippen molar-refractivity contribution in [3.05, 3.63) is 23.5 Å². The molecule has 1 heterocycles. The average Bonchev–Trinajstić information content (AvgIpc) is 3.21. The maximum atomic E-state index is 14.4. The van der Waals surface area contributed by atoms with Gasteiger partial charge in [-0.15, -0.1) is 11.8 Å². The van der Waals surface area contributed by atoms with Gasteiger partial charge in [0.15, 0.2) is 0 Å². The summed E-state index contributed by atoms with van der Waals surface area (Å²) in [5.41, 5.74) is 0.441. The van der Waals surface area contributed by atoms with Crippen LogP contribution < -0.4 is 4.90 Å². The molecular formula is C18H21BrF4N2OS. The molecule has 0 N–H and O–H groups in total. The molecule has 1 aliphatic heterocycles. The van der Waals surface area contributed by atoms with Crippen molar-refractivity contribution in [2.45, 2.75) is 36.2 Å². The summed E-state index contributed by atoms with van der Waals surface area (Å²) in [7, 11) is 0. The van der Waals surface area contributed by atoms with Gasteiger partial charge in [-0.25, -0.2) is 4.39 Å². The maximum Gasteiger partial charge on any atom is 0.398 e. The van der Waals surface area contributed by atoms with E-state index in [0.29, 0.717) is 54.1 Å². The smallest absolute Gasteiger partial charge is 0.366 e. The highest BCUT2D eigenvalue weighted by molar-refractivity contribution is 9.09. The Morgan fingerprint density at radius 3 is 2.41 bits per heavy atom. The van der Waals surface area contributed by atoms with Crippen LogP contribution in [0.3, 0.4) is 0 Å². The zero-order chi connectivity index (χ0) is 20.0. The normalized spacial score (nSPS) is 25.7. The number of carbonyl (C=O) groups excluding carboxylic acids is 1. The Balaban J connectivity index is 1.67. The molecule has 0 spiro atoms. The lowest BCUT2D eigenvalue weighted by atomic mass is 10.1. The van der Waals surface area contributed by atoms with Crippen LogP contribution in [0.1, 0.15) is 18.9 Å². The molecule has 2 unspecified atom stereocenters. The van der Waals surface area contributed by atoms with Crippen LogP contribution in [0.2, 0.25) is 0 Å². The van der Waals surface area contributed by atoms with Crippen LogP contribution in [0.15, 0.2) is 17.0 Å². The molecule has 0 radical (unpaired) electrons. The van der Waals surface area contributed by atoms with Gasteiger partial charge in [0, 0.05) is 35.9 Å². The van der Waals surface area contributed by atoms with Crippen LogP contribution in [0.4, 0.5) is 23.2 Å². The lowest BCUT2D eigenvalue weighted by Gasteiger charge is -2.37. The van der Waals surface area contributed by atoms with Crippen molar-refractivity contribution in [2.24, 2.45) is 5.41 Å². The number of hydrogen-bond acceptors (Lipinski definition) is 3. The minimum Gasteiger partial charge on any atom is -0.366 e. The van der Waals surface area contributed by atoms with E-state index in [1.807, 2.05) is 6.92 Å². The van der Waals surface area contributed by atoms with E-state index in [1.54, 1.807) is 16.7 Å². The third-order valence-corrected chi connectivity index (χ3v) is 7.72. The minimum absolute atomic E-state index is 0.106. The zero-order valence-corrected chi connectivity index (χ0v) is 17.5. The number of benzene rings is 1. The topological polar surface area (TPSA) is 23.6 Å². The van der Waals surface area contributed by atoms with Crippen molar-refractivity contribution in [3.8, 4) is 0 Å². The van der Waals surface area contributed by atoms with Crippen molar-refractivity contribution < 1.29 is 22.4 Å². The number of hydrogen-bond donors (Lipinski definition) is 0. The number of carbonyl (C=O) groups is 1. The fraction of sp³-hybridized carbons (Fsp3) is 0.611. The number of amides is 1. The second-order valence-electron chi connectivity index (χ2n) is 7.34. The van der Waals surface area contributed by atoms with E-state index in [9.17, 15) is 22.4 Å². The molecular weight excluding hydrogens is 448 g/mol. The molecule has 1 aliphatic carbocycles. The molecule has 27 heavy (non-hydrogen) atoms. The van der Waals surface area contributed by atoms with Crippen LogP contribution in [-0.2, 0) is 4.79 Å². The number of piperazine rings is 1. The Kier molecular flexibility index (Phi) is 5.74. The Morgan fingerprint density at radius 1 is 1.30 bits per heavy atom. The molecule has 150 valence electrons. The fourth-order valence-corrected chi connectivity index (χ4v) is 4.91. The molecule has 1 aromatic rings. The van der Waals surface area contributed by atoms with Gasteiger partial charge in [-0.3, -0.25) is 4.79 Å². The molecule has 2 aliphatic rings. The number of halogens is 5. The van der Waals surface area contributed by atoms with Crippen LogP contribution in [0.25, 0.3) is 0 Å². The van der Waals surface area contributed by atoms with Crippen LogP contribution in [-0.4, -0.2) is 53.7 Å². The highest BCUT2D eigenvalue weighted by atomic mass is 79.9. The van der Waals surface area contributed by atoms with E-state index in [0.717, 1.165) is 6.42 Å². The lowest BCUT2D eigenvalue weighted by molar-refractivity contribution is -0.136. The first-order chi connectivity index (χ1) is 12.5. The summed E-state index contributed by atoms with van der Waals surface area (Å²) in [5, 5.41) is 0. The maximum absolute atomic E-state index is 14.4. The molecule has 1 saturated heterocycles. The lowest BCUT2D eigenvalue weighted by Crippen LogP contribution is -2.51. The number of nitrogens with zero attached hydrogens (tertiary/aromatic N) is 2. The van der Waals surface area contributed by atoms with Crippen LogP contribution in [0.5, 0.6) is 0 Å². The number of alkyl halides is 4. The van der Waals surface area contributed by atoms with Crippen molar-refractivity contribution in [2.75, 3.05) is 36.8 Å². The highest BCUT2D eigenvalue weighted by Gasteiger charge is 2.56. The van der Waals surface area contributed by atoms with E-state index in [2.05, 4.69) is 15.9 Å². The average molecular weight is 469 g/mol. The monoisotopic (exact) mass is 468 g/mol. The van der Waals surface area contributed by atoms with Crippen molar-refractivity contribution in [3.63, 3.8) is 0 Å². The molecule has 3 nitrogen and oxygen atoms in total. The number of thioether (sulfide) groups is 1. The number of aryl methyl sites for hydroxylation is 1. The summed E-state index contributed by atoms with van der Waals surface area (Å²) >= 11 is 4.15. The first kappa shape index (κ1) is 20.8. The Bertz CT molecular complexity index is 737. The first-order valence-corrected chi connectivity index (χ1v) is 10.6. The van der Waals surface area contributed by atoms with Gasteiger partial charge >= 0.3 is 6.18 Å². The van der Waals surface area contributed by atoms with Gasteiger partial charge in [0.1, 0.15) is 5.82 Å².